The van der Waals surface area contributed by atoms with Gasteiger partial charge in [0.2, 0.25) is 0 Å². The van der Waals surface area contributed by atoms with Crippen molar-refractivity contribution in [1.82, 2.24) is 14.8 Å². The molecular formula is C15H23N3O2. The summed E-state index contributed by atoms with van der Waals surface area (Å²) in [4.78, 5) is 19.6. The number of nitrogens with one attached hydrogen (secondary N) is 1. The van der Waals surface area contributed by atoms with Crippen LogP contribution in [0.1, 0.15) is 16.9 Å². The summed E-state index contributed by atoms with van der Waals surface area (Å²) in [5.74, 6) is 1.21. The standard InChI is InChI=1S/C15H23N3O2/c1-17(2)9-14-12-8-18(7-5-11(12)10-20-14)15(19)13-4-3-6-16-13/h3-4,6,11-12,14,16H,5,7-10H2,1-2H3/t11-,12-,14+/m1/s1. The van der Waals surface area contributed by atoms with E-state index < -0.39 is 0 Å². The molecule has 20 heavy (non-hydrogen) atoms. The number of rotatable bonds is 3. The van der Waals surface area contributed by atoms with Gasteiger partial charge >= 0.3 is 0 Å². The number of amides is 1. The molecular weight excluding hydrogens is 254 g/mol. The molecule has 0 bridgehead atoms. The van der Waals surface area contributed by atoms with E-state index in [9.17, 15) is 4.79 Å². The largest absolute Gasteiger partial charge is 0.376 e. The van der Waals surface area contributed by atoms with Gasteiger partial charge in [0, 0.05) is 31.7 Å². The summed E-state index contributed by atoms with van der Waals surface area (Å²) < 4.78 is 5.94. The molecule has 1 aromatic rings. The summed E-state index contributed by atoms with van der Waals surface area (Å²) in [7, 11) is 4.14. The molecule has 0 radical (unpaired) electrons. The Labute approximate surface area is 119 Å². The van der Waals surface area contributed by atoms with Crippen molar-refractivity contribution >= 4 is 5.91 Å². The van der Waals surface area contributed by atoms with Gasteiger partial charge in [-0.1, -0.05) is 0 Å². The first kappa shape index (κ1) is 13.6. The third-order valence-corrected chi connectivity index (χ3v) is 4.47. The van der Waals surface area contributed by atoms with E-state index in [2.05, 4.69) is 24.0 Å². The molecule has 3 atom stereocenters. The number of likely N-dealkylation sites (tertiary alicyclic amines) is 1. The topological polar surface area (TPSA) is 48.6 Å². The Bertz CT molecular complexity index is 458. The molecule has 5 nitrogen and oxygen atoms in total. The minimum atomic E-state index is 0.115. The second-order valence-electron chi connectivity index (χ2n) is 6.18. The number of hydrogen-bond donors (Lipinski definition) is 1. The van der Waals surface area contributed by atoms with Gasteiger partial charge in [-0.2, -0.15) is 0 Å². The molecule has 0 aliphatic carbocycles. The average molecular weight is 277 g/mol. The molecule has 2 aliphatic heterocycles. The van der Waals surface area contributed by atoms with Crippen LogP contribution in [0.5, 0.6) is 0 Å². The number of ether oxygens (including phenoxy) is 1. The van der Waals surface area contributed by atoms with Gasteiger partial charge in [-0.25, -0.2) is 0 Å². The zero-order chi connectivity index (χ0) is 14.1. The highest BCUT2D eigenvalue weighted by Crippen LogP contribution is 2.34. The molecule has 2 fully saturated rings. The van der Waals surface area contributed by atoms with Crippen LogP contribution in [0.3, 0.4) is 0 Å². The van der Waals surface area contributed by atoms with Gasteiger partial charge in [0.1, 0.15) is 5.69 Å². The van der Waals surface area contributed by atoms with E-state index in [0.717, 1.165) is 32.7 Å². The van der Waals surface area contributed by atoms with Crippen LogP contribution >= 0.6 is 0 Å². The Morgan fingerprint density at radius 2 is 2.40 bits per heavy atom. The van der Waals surface area contributed by atoms with E-state index >= 15 is 0 Å². The lowest BCUT2D eigenvalue weighted by atomic mass is 9.84. The number of piperidine rings is 1. The van der Waals surface area contributed by atoms with Crippen LogP contribution < -0.4 is 0 Å². The summed E-state index contributed by atoms with van der Waals surface area (Å²) in [6.45, 7) is 3.46. The van der Waals surface area contributed by atoms with E-state index in [0.29, 0.717) is 17.5 Å². The maximum atomic E-state index is 12.4. The third-order valence-electron chi connectivity index (χ3n) is 4.47. The number of carbonyl (C=O) groups is 1. The van der Waals surface area contributed by atoms with E-state index in [1.165, 1.54) is 0 Å². The lowest BCUT2D eigenvalue weighted by Crippen LogP contribution is -2.47. The lowest BCUT2D eigenvalue weighted by molar-refractivity contribution is 0.0468. The van der Waals surface area contributed by atoms with Crippen molar-refractivity contribution in [1.29, 1.82) is 0 Å². The Balaban J connectivity index is 1.67. The normalized spacial score (nSPS) is 29.8. The van der Waals surface area contributed by atoms with Gasteiger partial charge < -0.3 is 19.5 Å². The fraction of sp³-hybridized carbons (Fsp3) is 0.667. The SMILES string of the molecule is CN(C)C[C@@H]1OC[C@H]2CCN(C(=O)c3ccc[nH]3)C[C@H]21. The molecule has 1 N–H and O–H groups in total. The molecule has 5 heteroatoms. The first-order valence-corrected chi connectivity index (χ1v) is 7.34. The fourth-order valence-corrected chi connectivity index (χ4v) is 3.40. The van der Waals surface area contributed by atoms with Crippen LogP contribution in [0, 0.1) is 11.8 Å². The number of likely N-dealkylation sites (N-methyl/N-ethyl adjacent to an activating group) is 1. The second-order valence-corrected chi connectivity index (χ2v) is 6.18. The van der Waals surface area contributed by atoms with Gasteiger partial charge in [0.05, 0.1) is 12.7 Å². The molecule has 110 valence electrons. The Morgan fingerprint density at radius 3 is 3.10 bits per heavy atom. The van der Waals surface area contributed by atoms with E-state index in [1.54, 1.807) is 6.20 Å². The number of nitrogens with zero attached hydrogens (tertiary/aromatic N) is 2. The van der Waals surface area contributed by atoms with Gasteiger partial charge in [0.25, 0.3) is 5.91 Å². The molecule has 3 rings (SSSR count). The minimum Gasteiger partial charge on any atom is -0.376 e. The van der Waals surface area contributed by atoms with Crippen LogP contribution in [0.2, 0.25) is 0 Å². The average Bonchev–Trinajstić information content (AvgIpc) is 3.07. The van der Waals surface area contributed by atoms with Crippen LogP contribution in [0.25, 0.3) is 0 Å². The van der Waals surface area contributed by atoms with Crippen molar-refractivity contribution in [2.75, 3.05) is 40.3 Å². The zero-order valence-electron chi connectivity index (χ0n) is 12.2. The predicted molar refractivity (Wildman–Crippen MR) is 76.6 cm³/mol. The van der Waals surface area contributed by atoms with Crippen molar-refractivity contribution in [2.24, 2.45) is 11.8 Å². The Kier molecular flexibility index (Phi) is 3.81. The van der Waals surface area contributed by atoms with Gasteiger partial charge in [0.15, 0.2) is 0 Å². The van der Waals surface area contributed by atoms with Crippen molar-refractivity contribution in [3.8, 4) is 0 Å². The van der Waals surface area contributed by atoms with Crippen molar-refractivity contribution in [3.63, 3.8) is 0 Å². The van der Waals surface area contributed by atoms with Crippen LogP contribution in [-0.2, 0) is 4.74 Å². The first-order chi connectivity index (χ1) is 9.65. The number of H-pyrrole nitrogens is 1. The molecule has 2 saturated heterocycles. The maximum Gasteiger partial charge on any atom is 0.270 e. The number of hydrogen-bond acceptors (Lipinski definition) is 3. The van der Waals surface area contributed by atoms with Crippen LogP contribution in [0.15, 0.2) is 18.3 Å². The summed E-state index contributed by atoms with van der Waals surface area (Å²) in [6, 6.07) is 3.71. The minimum absolute atomic E-state index is 0.115. The smallest absolute Gasteiger partial charge is 0.270 e. The van der Waals surface area contributed by atoms with E-state index in [1.807, 2.05) is 17.0 Å². The van der Waals surface area contributed by atoms with Gasteiger partial charge in [-0.05, 0) is 38.6 Å². The molecule has 1 aromatic heterocycles. The molecule has 0 aromatic carbocycles. The molecule has 1 amide bonds. The monoisotopic (exact) mass is 277 g/mol. The lowest BCUT2D eigenvalue weighted by Gasteiger charge is -2.36. The number of fused-ring (bicyclic) bond motifs is 1. The molecule has 0 saturated carbocycles. The molecule has 2 aliphatic rings. The second kappa shape index (κ2) is 5.58. The zero-order valence-corrected chi connectivity index (χ0v) is 12.2. The quantitative estimate of drug-likeness (QED) is 0.898. The fourth-order valence-electron chi connectivity index (χ4n) is 3.40. The van der Waals surface area contributed by atoms with E-state index in [-0.39, 0.29) is 12.0 Å². The highest BCUT2D eigenvalue weighted by molar-refractivity contribution is 5.92. The molecule has 0 spiro atoms. The van der Waals surface area contributed by atoms with Crippen molar-refractivity contribution in [3.05, 3.63) is 24.0 Å². The summed E-state index contributed by atoms with van der Waals surface area (Å²) in [5.41, 5.74) is 0.687. The third kappa shape index (κ3) is 2.60. The first-order valence-electron chi connectivity index (χ1n) is 7.34. The Morgan fingerprint density at radius 1 is 1.55 bits per heavy atom. The van der Waals surface area contributed by atoms with Crippen molar-refractivity contribution in [2.45, 2.75) is 12.5 Å². The van der Waals surface area contributed by atoms with Crippen LogP contribution in [0.4, 0.5) is 0 Å². The van der Waals surface area contributed by atoms with Gasteiger partial charge in [-0.3, -0.25) is 4.79 Å². The van der Waals surface area contributed by atoms with Gasteiger partial charge in [-0.15, -0.1) is 0 Å². The maximum absolute atomic E-state index is 12.4. The Hall–Kier alpha value is -1.33. The number of carbonyl (C=O) groups excluding carboxylic acids is 1. The summed E-state index contributed by atoms with van der Waals surface area (Å²) in [6.07, 6.45) is 3.11. The highest BCUT2D eigenvalue weighted by Gasteiger charge is 2.42. The van der Waals surface area contributed by atoms with Crippen LogP contribution in [-0.4, -0.2) is 67.1 Å². The number of aromatic amines is 1. The summed E-state index contributed by atoms with van der Waals surface area (Å²) >= 11 is 0. The summed E-state index contributed by atoms with van der Waals surface area (Å²) in [5, 5.41) is 0. The van der Waals surface area contributed by atoms with Crippen molar-refractivity contribution < 1.29 is 9.53 Å². The predicted octanol–water partition coefficient (Wildman–Crippen LogP) is 1.05. The molecule has 0 unspecified atom stereocenters. The highest BCUT2D eigenvalue weighted by atomic mass is 16.5. The van der Waals surface area contributed by atoms with E-state index in [4.69, 9.17) is 4.74 Å². The number of aromatic nitrogens is 1. The molecule has 3 heterocycles.